The monoisotopic (exact) mass is 209 g/mol. The fourth-order valence-electron chi connectivity index (χ4n) is 0.980. The molecule has 0 saturated carbocycles. The van der Waals surface area contributed by atoms with Crippen molar-refractivity contribution in [2.24, 2.45) is 0 Å². The summed E-state index contributed by atoms with van der Waals surface area (Å²) in [5.74, 6) is 0.146. The average molecular weight is 209 g/mol. The van der Waals surface area contributed by atoms with Gasteiger partial charge in [0.25, 0.3) is 5.91 Å². The highest BCUT2D eigenvalue weighted by Crippen LogP contribution is 2.07. The summed E-state index contributed by atoms with van der Waals surface area (Å²) in [5.41, 5.74) is 0.0201. The van der Waals surface area contributed by atoms with Crippen LogP contribution in [-0.4, -0.2) is 28.5 Å². The number of nitrogens with zero attached hydrogens (tertiary/aromatic N) is 2. The number of methoxy groups -OCH3 is 1. The normalized spacial score (nSPS) is 10.9. The first kappa shape index (κ1) is 11.4. The summed E-state index contributed by atoms with van der Waals surface area (Å²) in [6.07, 6.45) is 1.30. The maximum absolute atomic E-state index is 11.7. The number of carbonyl (C=O) groups excluding carboxylic acids is 1. The van der Waals surface area contributed by atoms with E-state index < -0.39 is 0 Å². The van der Waals surface area contributed by atoms with E-state index in [1.807, 2.05) is 20.8 Å². The van der Waals surface area contributed by atoms with Gasteiger partial charge < -0.3 is 10.1 Å². The van der Waals surface area contributed by atoms with E-state index in [1.54, 1.807) is 0 Å². The van der Waals surface area contributed by atoms with Gasteiger partial charge in [0.2, 0.25) is 5.88 Å². The van der Waals surface area contributed by atoms with E-state index in [0.29, 0.717) is 11.6 Å². The van der Waals surface area contributed by atoms with E-state index in [1.165, 1.54) is 19.5 Å². The van der Waals surface area contributed by atoms with E-state index in [-0.39, 0.29) is 11.4 Å². The predicted octanol–water partition coefficient (Wildman–Crippen LogP) is 1.01. The zero-order valence-electron chi connectivity index (χ0n) is 9.37. The molecule has 1 rings (SSSR count). The molecule has 82 valence electrons. The highest BCUT2D eigenvalue weighted by atomic mass is 16.5. The van der Waals surface area contributed by atoms with Crippen LogP contribution in [0.2, 0.25) is 0 Å². The van der Waals surface area contributed by atoms with Crippen molar-refractivity contribution < 1.29 is 9.53 Å². The lowest BCUT2D eigenvalue weighted by atomic mass is 10.1. The van der Waals surface area contributed by atoms with E-state index >= 15 is 0 Å². The molecular weight excluding hydrogens is 194 g/mol. The SMILES string of the molecule is COc1cc(C(=O)NC(C)(C)C)ncn1. The molecule has 0 bridgehead atoms. The number of hydrogen-bond donors (Lipinski definition) is 1. The second kappa shape index (κ2) is 4.25. The Bertz CT molecular complexity index is 358. The summed E-state index contributed by atoms with van der Waals surface area (Å²) in [7, 11) is 1.49. The fourth-order valence-corrected chi connectivity index (χ4v) is 0.980. The third-order valence-corrected chi connectivity index (χ3v) is 1.57. The Kier molecular flexibility index (Phi) is 3.24. The van der Waals surface area contributed by atoms with Crippen LogP contribution in [0.3, 0.4) is 0 Å². The first-order chi connectivity index (χ1) is 6.92. The molecule has 0 aliphatic heterocycles. The first-order valence-corrected chi connectivity index (χ1v) is 4.61. The lowest BCUT2D eigenvalue weighted by molar-refractivity contribution is 0.0913. The molecule has 0 fully saturated rings. The van der Waals surface area contributed by atoms with Crippen molar-refractivity contribution in [2.45, 2.75) is 26.3 Å². The zero-order valence-corrected chi connectivity index (χ0v) is 9.37. The Balaban J connectivity index is 2.82. The molecule has 0 aliphatic carbocycles. The van der Waals surface area contributed by atoms with E-state index in [9.17, 15) is 4.79 Å². The maximum Gasteiger partial charge on any atom is 0.270 e. The summed E-state index contributed by atoms with van der Waals surface area (Å²) >= 11 is 0. The van der Waals surface area contributed by atoms with Crippen molar-refractivity contribution in [1.82, 2.24) is 15.3 Å². The Labute approximate surface area is 88.9 Å². The summed E-state index contributed by atoms with van der Waals surface area (Å²) in [5, 5.41) is 2.80. The number of nitrogens with one attached hydrogen (secondary N) is 1. The van der Waals surface area contributed by atoms with Gasteiger partial charge in [0.05, 0.1) is 7.11 Å². The highest BCUT2D eigenvalue weighted by Gasteiger charge is 2.16. The van der Waals surface area contributed by atoms with Gasteiger partial charge in [0.1, 0.15) is 12.0 Å². The summed E-state index contributed by atoms with van der Waals surface area (Å²) < 4.78 is 4.90. The van der Waals surface area contributed by atoms with Crippen LogP contribution in [0, 0.1) is 0 Å². The van der Waals surface area contributed by atoms with Crippen LogP contribution < -0.4 is 10.1 Å². The lowest BCUT2D eigenvalue weighted by Gasteiger charge is -2.19. The van der Waals surface area contributed by atoms with Gasteiger partial charge in [-0.1, -0.05) is 0 Å². The van der Waals surface area contributed by atoms with Gasteiger partial charge >= 0.3 is 0 Å². The quantitative estimate of drug-likeness (QED) is 0.789. The smallest absolute Gasteiger partial charge is 0.270 e. The van der Waals surface area contributed by atoms with Crippen molar-refractivity contribution in [1.29, 1.82) is 0 Å². The van der Waals surface area contributed by atoms with Crippen molar-refractivity contribution in [3.63, 3.8) is 0 Å². The largest absolute Gasteiger partial charge is 0.481 e. The standard InChI is InChI=1S/C10H15N3O2/c1-10(2,3)13-9(14)7-5-8(15-4)12-6-11-7/h5-6H,1-4H3,(H,13,14). The van der Waals surface area contributed by atoms with Gasteiger partial charge in [0.15, 0.2) is 0 Å². The highest BCUT2D eigenvalue weighted by molar-refractivity contribution is 5.92. The molecule has 0 aliphatic rings. The van der Waals surface area contributed by atoms with E-state index in [2.05, 4.69) is 15.3 Å². The van der Waals surface area contributed by atoms with E-state index in [0.717, 1.165) is 0 Å². The van der Waals surface area contributed by atoms with Crippen LogP contribution in [0.25, 0.3) is 0 Å². The van der Waals surface area contributed by atoms with Gasteiger partial charge in [0, 0.05) is 11.6 Å². The van der Waals surface area contributed by atoms with Crippen LogP contribution in [-0.2, 0) is 0 Å². The molecule has 1 amide bonds. The molecule has 0 atom stereocenters. The molecule has 0 saturated heterocycles. The number of aromatic nitrogens is 2. The fraction of sp³-hybridized carbons (Fsp3) is 0.500. The van der Waals surface area contributed by atoms with Crippen LogP contribution in [0.15, 0.2) is 12.4 Å². The number of ether oxygens (including phenoxy) is 1. The van der Waals surface area contributed by atoms with Gasteiger partial charge in [-0.15, -0.1) is 0 Å². The van der Waals surface area contributed by atoms with Gasteiger partial charge in [-0.3, -0.25) is 4.79 Å². The van der Waals surface area contributed by atoms with Crippen molar-refractivity contribution in [3.05, 3.63) is 18.1 Å². The number of carbonyl (C=O) groups is 1. The maximum atomic E-state index is 11.7. The molecule has 0 spiro atoms. The minimum absolute atomic E-state index is 0.233. The van der Waals surface area contributed by atoms with Gasteiger partial charge in [-0.05, 0) is 20.8 Å². The topological polar surface area (TPSA) is 64.1 Å². The molecule has 0 aromatic carbocycles. The van der Waals surface area contributed by atoms with Crippen molar-refractivity contribution in [2.75, 3.05) is 7.11 Å². The van der Waals surface area contributed by atoms with Crippen LogP contribution in [0.5, 0.6) is 5.88 Å². The zero-order chi connectivity index (χ0) is 11.5. The van der Waals surface area contributed by atoms with Gasteiger partial charge in [-0.25, -0.2) is 9.97 Å². The Morgan fingerprint density at radius 3 is 2.60 bits per heavy atom. The van der Waals surface area contributed by atoms with Gasteiger partial charge in [-0.2, -0.15) is 0 Å². The average Bonchev–Trinajstić information content (AvgIpc) is 2.15. The molecule has 0 radical (unpaired) electrons. The predicted molar refractivity (Wildman–Crippen MR) is 55.8 cm³/mol. The summed E-state index contributed by atoms with van der Waals surface area (Å²) in [6.45, 7) is 5.72. The van der Waals surface area contributed by atoms with E-state index in [4.69, 9.17) is 4.74 Å². The molecular formula is C10H15N3O2. The molecule has 1 aromatic heterocycles. The second-order valence-electron chi connectivity index (χ2n) is 4.15. The minimum atomic E-state index is -0.282. The third kappa shape index (κ3) is 3.53. The van der Waals surface area contributed by atoms with Crippen LogP contribution in [0.4, 0.5) is 0 Å². The molecule has 5 heteroatoms. The number of rotatable bonds is 2. The number of amides is 1. The third-order valence-electron chi connectivity index (χ3n) is 1.57. The van der Waals surface area contributed by atoms with Crippen molar-refractivity contribution >= 4 is 5.91 Å². The van der Waals surface area contributed by atoms with Crippen LogP contribution >= 0.6 is 0 Å². The molecule has 5 nitrogen and oxygen atoms in total. The molecule has 1 N–H and O–H groups in total. The number of hydrogen-bond acceptors (Lipinski definition) is 4. The molecule has 1 heterocycles. The second-order valence-corrected chi connectivity index (χ2v) is 4.15. The van der Waals surface area contributed by atoms with Crippen LogP contribution in [0.1, 0.15) is 31.3 Å². The Morgan fingerprint density at radius 1 is 1.40 bits per heavy atom. The summed E-state index contributed by atoms with van der Waals surface area (Å²) in [6, 6.07) is 1.50. The van der Waals surface area contributed by atoms with Crippen molar-refractivity contribution in [3.8, 4) is 5.88 Å². The molecule has 1 aromatic rings. The first-order valence-electron chi connectivity index (χ1n) is 4.61. The Morgan fingerprint density at radius 2 is 2.07 bits per heavy atom. The lowest BCUT2D eigenvalue weighted by Crippen LogP contribution is -2.40. The summed E-state index contributed by atoms with van der Waals surface area (Å²) in [4.78, 5) is 19.4. The molecule has 0 unspecified atom stereocenters. The molecule has 15 heavy (non-hydrogen) atoms. The minimum Gasteiger partial charge on any atom is -0.481 e. The Hall–Kier alpha value is -1.65.